The highest BCUT2D eigenvalue weighted by Crippen LogP contribution is 2.29. The summed E-state index contributed by atoms with van der Waals surface area (Å²) in [5.74, 6) is -1.81. The molecule has 1 aromatic heterocycles. The van der Waals surface area contributed by atoms with Gasteiger partial charge in [0.25, 0.3) is 0 Å². The summed E-state index contributed by atoms with van der Waals surface area (Å²) in [6.07, 6.45) is 0.125. The van der Waals surface area contributed by atoms with Gasteiger partial charge in [0.1, 0.15) is 0 Å². The second-order valence-electron chi connectivity index (χ2n) is 6.51. The highest BCUT2D eigenvalue weighted by molar-refractivity contribution is 6.00. The summed E-state index contributed by atoms with van der Waals surface area (Å²) in [6.45, 7) is 0.677. The van der Waals surface area contributed by atoms with Crippen molar-refractivity contribution in [1.29, 1.82) is 5.26 Å². The van der Waals surface area contributed by atoms with Crippen LogP contribution >= 0.6 is 0 Å². The van der Waals surface area contributed by atoms with Crippen molar-refractivity contribution in [1.82, 2.24) is 4.98 Å². The van der Waals surface area contributed by atoms with Gasteiger partial charge in [-0.05, 0) is 42.3 Å². The number of hydrogen-bond donors (Lipinski definition) is 0. The highest BCUT2D eigenvalue weighted by atomic mass is 19.4. The molecule has 1 aliphatic rings. The minimum atomic E-state index is -4.54. The average Bonchev–Trinajstić information content (AvgIpc) is 3.13. The topological polar surface area (TPSA) is 74.1 Å². The zero-order valence-electron chi connectivity index (χ0n) is 15.2. The van der Waals surface area contributed by atoms with E-state index < -0.39 is 23.4 Å². The molecule has 1 fully saturated rings. The quantitative estimate of drug-likeness (QED) is 0.709. The molecule has 1 aromatic carbocycles. The third-order valence-corrected chi connectivity index (χ3v) is 4.54. The fraction of sp³-hybridized carbons (Fsp3) is 0.238. The molecule has 1 aliphatic heterocycles. The maximum absolute atomic E-state index is 12.6. The largest absolute Gasteiger partial charge is 0.417 e. The number of anilines is 1. The maximum atomic E-state index is 12.6. The Morgan fingerprint density at radius 2 is 1.93 bits per heavy atom. The molecule has 148 valence electrons. The number of ketones is 1. The van der Waals surface area contributed by atoms with E-state index >= 15 is 0 Å². The molecule has 0 bridgehead atoms. The van der Waals surface area contributed by atoms with Gasteiger partial charge in [-0.3, -0.25) is 14.6 Å². The van der Waals surface area contributed by atoms with Crippen molar-refractivity contribution in [3.8, 4) is 6.07 Å². The lowest BCUT2D eigenvalue weighted by Gasteiger charge is -2.15. The monoisotopic (exact) mass is 399 g/mol. The SMILES string of the molecule is N#CC(C(=O)/C=C/c1ccc(N2CCCC2=O)cc1)c1ccc(C(F)(F)F)cn1. The van der Waals surface area contributed by atoms with E-state index in [0.717, 1.165) is 24.2 Å². The first-order valence-corrected chi connectivity index (χ1v) is 8.85. The number of carbonyl (C=O) groups is 2. The molecule has 8 heteroatoms. The molecule has 1 atom stereocenters. The number of amides is 1. The summed E-state index contributed by atoms with van der Waals surface area (Å²) in [7, 11) is 0. The number of allylic oxidation sites excluding steroid dienone is 1. The number of benzene rings is 1. The van der Waals surface area contributed by atoms with E-state index in [1.165, 1.54) is 12.2 Å². The van der Waals surface area contributed by atoms with E-state index in [2.05, 4.69) is 4.98 Å². The molecule has 29 heavy (non-hydrogen) atoms. The lowest BCUT2D eigenvalue weighted by atomic mass is 9.99. The number of alkyl halides is 3. The Morgan fingerprint density at radius 1 is 1.21 bits per heavy atom. The van der Waals surface area contributed by atoms with Crippen molar-refractivity contribution in [2.45, 2.75) is 24.9 Å². The fourth-order valence-corrected chi connectivity index (χ4v) is 2.98. The van der Waals surface area contributed by atoms with Gasteiger partial charge < -0.3 is 4.90 Å². The molecule has 0 N–H and O–H groups in total. The second-order valence-corrected chi connectivity index (χ2v) is 6.51. The molecule has 0 radical (unpaired) electrons. The zero-order chi connectivity index (χ0) is 21.0. The summed E-state index contributed by atoms with van der Waals surface area (Å²) < 4.78 is 37.8. The van der Waals surface area contributed by atoms with Crippen LogP contribution in [0.4, 0.5) is 18.9 Å². The summed E-state index contributed by atoms with van der Waals surface area (Å²) in [5.41, 5.74) is 0.473. The number of carbonyl (C=O) groups excluding carboxylic acids is 2. The lowest BCUT2D eigenvalue weighted by molar-refractivity contribution is -0.137. The predicted molar refractivity (Wildman–Crippen MR) is 99.7 cm³/mol. The van der Waals surface area contributed by atoms with E-state index in [-0.39, 0.29) is 11.6 Å². The van der Waals surface area contributed by atoms with Gasteiger partial charge in [0.2, 0.25) is 5.91 Å². The Bertz CT molecular complexity index is 974. The van der Waals surface area contributed by atoms with Crippen LogP contribution in [-0.2, 0) is 15.8 Å². The van der Waals surface area contributed by atoms with Gasteiger partial charge in [0, 0.05) is 24.8 Å². The first-order chi connectivity index (χ1) is 13.8. The summed E-state index contributed by atoms with van der Waals surface area (Å²) in [5, 5.41) is 9.25. The molecular weight excluding hydrogens is 383 g/mol. The second kappa shape index (κ2) is 8.27. The Morgan fingerprint density at radius 3 is 2.45 bits per heavy atom. The van der Waals surface area contributed by atoms with Gasteiger partial charge in [-0.2, -0.15) is 18.4 Å². The van der Waals surface area contributed by atoms with E-state index in [1.807, 2.05) is 0 Å². The number of nitrogens with zero attached hydrogens (tertiary/aromatic N) is 3. The van der Waals surface area contributed by atoms with E-state index in [0.29, 0.717) is 24.7 Å². The molecule has 2 aromatic rings. The predicted octanol–water partition coefficient (Wildman–Crippen LogP) is 4.12. The van der Waals surface area contributed by atoms with Crippen molar-refractivity contribution in [2.75, 3.05) is 11.4 Å². The van der Waals surface area contributed by atoms with Crippen molar-refractivity contribution in [2.24, 2.45) is 0 Å². The normalized spacial score (nSPS) is 15.5. The Kier molecular flexibility index (Phi) is 5.78. The summed E-state index contributed by atoms with van der Waals surface area (Å²) in [6, 6.07) is 10.6. The first-order valence-electron chi connectivity index (χ1n) is 8.85. The number of rotatable bonds is 5. The first kappa shape index (κ1) is 20.3. The maximum Gasteiger partial charge on any atom is 0.417 e. The number of pyridine rings is 1. The van der Waals surface area contributed by atoms with Gasteiger partial charge in [0.15, 0.2) is 11.7 Å². The average molecular weight is 399 g/mol. The summed E-state index contributed by atoms with van der Waals surface area (Å²) in [4.78, 5) is 29.4. The minimum Gasteiger partial charge on any atom is -0.312 e. The fourth-order valence-electron chi connectivity index (χ4n) is 2.98. The van der Waals surface area contributed by atoms with Crippen LogP contribution in [0.3, 0.4) is 0 Å². The van der Waals surface area contributed by atoms with E-state index in [4.69, 9.17) is 0 Å². The molecular formula is C21H16F3N3O2. The molecule has 0 saturated carbocycles. The van der Waals surface area contributed by atoms with Crippen molar-refractivity contribution < 1.29 is 22.8 Å². The smallest absolute Gasteiger partial charge is 0.312 e. The lowest BCUT2D eigenvalue weighted by Crippen LogP contribution is -2.23. The van der Waals surface area contributed by atoms with Gasteiger partial charge in [-0.15, -0.1) is 0 Å². The van der Waals surface area contributed by atoms with Gasteiger partial charge in [0.05, 0.1) is 17.3 Å². The van der Waals surface area contributed by atoms with Gasteiger partial charge in [-0.1, -0.05) is 18.2 Å². The Hall–Kier alpha value is -3.47. The Labute approximate surface area is 165 Å². The molecule has 5 nitrogen and oxygen atoms in total. The van der Waals surface area contributed by atoms with Gasteiger partial charge >= 0.3 is 6.18 Å². The van der Waals surface area contributed by atoms with Crippen molar-refractivity contribution in [3.63, 3.8) is 0 Å². The van der Waals surface area contributed by atoms with Crippen LogP contribution in [0.1, 0.15) is 35.6 Å². The number of hydrogen-bond acceptors (Lipinski definition) is 4. The molecule has 1 amide bonds. The molecule has 2 heterocycles. The molecule has 1 saturated heterocycles. The van der Waals surface area contributed by atoms with Crippen LogP contribution in [0.5, 0.6) is 0 Å². The third-order valence-electron chi connectivity index (χ3n) is 4.54. The summed E-state index contributed by atoms with van der Waals surface area (Å²) >= 11 is 0. The zero-order valence-corrected chi connectivity index (χ0v) is 15.2. The molecule has 0 spiro atoms. The minimum absolute atomic E-state index is 0.0435. The van der Waals surface area contributed by atoms with Crippen LogP contribution in [-0.4, -0.2) is 23.2 Å². The molecule has 0 aliphatic carbocycles. The van der Waals surface area contributed by atoms with Crippen LogP contribution in [0.2, 0.25) is 0 Å². The number of halogens is 3. The van der Waals surface area contributed by atoms with Crippen molar-refractivity contribution >= 4 is 23.5 Å². The van der Waals surface area contributed by atoms with Crippen LogP contribution in [0.15, 0.2) is 48.7 Å². The van der Waals surface area contributed by atoms with Crippen molar-refractivity contribution in [3.05, 3.63) is 65.5 Å². The van der Waals surface area contributed by atoms with Crippen LogP contribution in [0, 0.1) is 11.3 Å². The number of nitriles is 1. The Balaban J connectivity index is 1.70. The third kappa shape index (κ3) is 4.69. The van der Waals surface area contributed by atoms with Gasteiger partial charge in [-0.25, -0.2) is 0 Å². The highest BCUT2D eigenvalue weighted by Gasteiger charge is 2.31. The van der Waals surface area contributed by atoms with Crippen LogP contribution < -0.4 is 4.90 Å². The van der Waals surface area contributed by atoms with Crippen LogP contribution in [0.25, 0.3) is 6.08 Å². The standard InChI is InChI=1S/C21H16F3N3O2/c22-21(23,24)15-6-9-18(26-13-15)17(12-25)19(28)10-5-14-3-7-16(8-4-14)27-11-1-2-20(27)29/h3-10,13,17H,1-2,11H2/b10-5+. The molecule has 3 rings (SSSR count). The molecule has 1 unspecified atom stereocenters. The van der Waals surface area contributed by atoms with E-state index in [9.17, 15) is 28.0 Å². The van der Waals surface area contributed by atoms with E-state index in [1.54, 1.807) is 35.2 Å². The number of aromatic nitrogens is 1.